The Morgan fingerprint density at radius 2 is 1.94 bits per heavy atom. The van der Waals surface area contributed by atoms with E-state index in [1.54, 1.807) is 6.08 Å². The lowest BCUT2D eigenvalue weighted by atomic mass is 9.90. The maximum absolute atomic E-state index is 11.9. The molecule has 0 fully saturated rings. The summed E-state index contributed by atoms with van der Waals surface area (Å²) in [7, 11) is 0. The lowest BCUT2D eigenvalue weighted by molar-refractivity contribution is -0.131. The second-order valence-corrected chi connectivity index (χ2v) is 4.15. The fraction of sp³-hybridized carbons (Fsp3) is 0.333. The van der Waals surface area contributed by atoms with Gasteiger partial charge in [0, 0.05) is 6.42 Å². The first-order valence-electron chi connectivity index (χ1n) is 5.83. The number of Topliss-reactive ketones (excluding diaryl/α,β-unsaturated/α-hetero) is 2. The Hall–Kier alpha value is -1.70. The molecule has 0 aromatic heterocycles. The minimum Gasteiger partial charge on any atom is -0.299 e. The highest BCUT2D eigenvalue weighted by Gasteiger charge is 2.22. The van der Waals surface area contributed by atoms with Crippen LogP contribution in [0.1, 0.15) is 25.3 Å². The number of carbonyl (C=O) groups excluding carboxylic acids is 2. The summed E-state index contributed by atoms with van der Waals surface area (Å²) in [6.07, 6.45) is 3.25. The molecule has 0 saturated carbocycles. The molecule has 0 radical (unpaired) electrons. The van der Waals surface area contributed by atoms with Crippen LogP contribution < -0.4 is 0 Å². The molecule has 1 atom stereocenters. The number of ketones is 2. The molecule has 1 aromatic carbocycles. The van der Waals surface area contributed by atoms with Crippen LogP contribution in [0.4, 0.5) is 0 Å². The van der Waals surface area contributed by atoms with Gasteiger partial charge in [0.2, 0.25) is 0 Å². The van der Waals surface area contributed by atoms with E-state index in [-0.39, 0.29) is 11.6 Å². The second kappa shape index (κ2) is 6.79. The summed E-state index contributed by atoms with van der Waals surface area (Å²) in [5.74, 6) is -0.540. The maximum Gasteiger partial charge on any atom is 0.143 e. The van der Waals surface area contributed by atoms with Gasteiger partial charge in [-0.3, -0.25) is 9.59 Å². The van der Waals surface area contributed by atoms with Crippen LogP contribution in [0.5, 0.6) is 0 Å². The van der Waals surface area contributed by atoms with Crippen molar-refractivity contribution in [1.29, 1.82) is 0 Å². The zero-order valence-electron chi connectivity index (χ0n) is 10.2. The van der Waals surface area contributed by atoms with Gasteiger partial charge >= 0.3 is 0 Å². The minimum atomic E-state index is -0.502. The molecule has 0 saturated heterocycles. The van der Waals surface area contributed by atoms with E-state index in [1.165, 1.54) is 6.92 Å². The second-order valence-electron chi connectivity index (χ2n) is 4.15. The van der Waals surface area contributed by atoms with E-state index in [9.17, 15) is 9.59 Å². The maximum atomic E-state index is 11.9. The number of rotatable bonds is 7. The van der Waals surface area contributed by atoms with E-state index in [0.29, 0.717) is 19.3 Å². The topological polar surface area (TPSA) is 34.1 Å². The van der Waals surface area contributed by atoms with Crippen molar-refractivity contribution in [2.24, 2.45) is 5.92 Å². The lowest BCUT2D eigenvalue weighted by Crippen LogP contribution is -2.24. The van der Waals surface area contributed by atoms with Gasteiger partial charge in [-0.1, -0.05) is 36.4 Å². The van der Waals surface area contributed by atoms with Gasteiger partial charge in [0.1, 0.15) is 11.6 Å². The summed E-state index contributed by atoms with van der Waals surface area (Å²) in [4.78, 5) is 23.4. The fourth-order valence-corrected chi connectivity index (χ4v) is 1.75. The Morgan fingerprint density at radius 3 is 2.47 bits per heavy atom. The average molecular weight is 230 g/mol. The van der Waals surface area contributed by atoms with Gasteiger partial charge < -0.3 is 0 Å². The molecule has 0 amide bonds. The predicted octanol–water partition coefficient (Wildman–Crippen LogP) is 2.97. The fourth-order valence-electron chi connectivity index (χ4n) is 1.75. The van der Waals surface area contributed by atoms with Gasteiger partial charge in [-0.15, -0.1) is 6.58 Å². The Labute approximate surface area is 102 Å². The molecule has 0 bridgehead atoms. The number of benzene rings is 1. The van der Waals surface area contributed by atoms with Crippen LogP contribution in [0.3, 0.4) is 0 Å². The Kier molecular flexibility index (Phi) is 5.34. The van der Waals surface area contributed by atoms with E-state index in [1.807, 2.05) is 30.3 Å². The summed E-state index contributed by atoms with van der Waals surface area (Å²) in [6, 6.07) is 9.64. The smallest absolute Gasteiger partial charge is 0.143 e. The van der Waals surface area contributed by atoms with Crippen LogP contribution in [0, 0.1) is 5.92 Å². The first kappa shape index (κ1) is 13.4. The molecule has 17 heavy (non-hydrogen) atoms. The summed E-state index contributed by atoms with van der Waals surface area (Å²) in [5, 5.41) is 0. The first-order chi connectivity index (χ1) is 8.15. The minimum absolute atomic E-state index is 0.0150. The summed E-state index contributed by atoms with van der Waals surface area (Å²) < 4.78 is 0. The molecule has 0 aliphatic heterocycles. The Morgan fingerprint density at radius 1 is 1.29 bits per heavy atom. The molecule has 2 nitrogen and oxygen atoms in total. The van der Waals surface area contributed by atoms with E-state index in [2.05, 4.69) is 6.58 Å². The largest absolute Gasteiger partial charge is 0.299 e. The van der Waals surface area contributed by atoms with Crippen molar-refractivity contribution in [2.45, 2.75) is 26.2 Å². The van der Waals surface area contributed by atoms with Gasteiger partial charge in [0.15, 0.2) is 0 Å². The highest BCUT2D eigenvalue weighted by Crippen LogP contribution is 2.13. The van der Waals surface area contributed by atoms with Crippen LogP contribution in [-0.4, -0.2) is 11.6 Å². The molecule has 1 rings (SSSR count). The van der Waals surface area contributed by atoms with E-state index >= 15 is 0 Å². The zero-order valence-corrected chi connectivity index (χ0v) is 10.2. The molecule has 0 N–H and O–H groups in total. The normalized spacial score (nSPS) is 11.8. The summed E-state index contributed by atoms with van der Waals surface area (Å²) >= 11 is 0. The molecule has 0 heterocycles. The van der Waals surface area contributed by atoms with Crippen molar-refractivity contribution in [2.75, 3.05) is 0 Å². The molecule has 1 aromatic rings. The SMILES string of the molecule is C=CCCC(=O)C(Cc1ccccc1)C(C)=O. The van der Waals surface area contributed by atoms with Crippen molar-refractivity contribution in [3.05, 3.63) is 48.6 Å². The van der Waals surface area contributed by atoms with E-state index in [0.717, 1.165) is 5.56 Å². The monoisotopic (exact) mass is 230 g/mol. The van der Waals surface area contributed by atoms with Gasteiger partial charge in [0.25, 0.3) is 0 Å². The van der Waals surface area contributed by atoms with Crippen molar-refractivity contribution < 1.29 is 9.59 Å². The summed E-state index contributed by atoms with van der Waals surface area (Å²) in [6.45, 7) is 5.07. The molecular formula is C15H18O2. The Balaban J connectivity index is 2.70. The number of hydrogen-bond acceptors (Lipinski definition) is 2. The van der Waals surface area contributed by atoms with Crippen LogP contribution in [-0.2, 0) is 16.0 Å². The van der Waals surface area contributed by atoms with E-state index < -0.39 is 5.92 Å². The molecule has 0 aliphatic rings. The quantitative estimate of drug-likeness (QED) is 0.533. The van der Waals surface area contributed by atoms with Gasteiger partial charge in [-0.2, -0.15) is 0 Å². The van der Waals surface area contributed by atoms with Crippen molar-refractivity contribution in [3.8, 4) is 0 Å². The zero-order chi connectivity index (χ0) is 12.7. The van der Waals surface area contributed by atoms with Crippen molar-refractivity contribution in [3.63, 3.8) is 0 Å². The van der Waals surface area contributed by atoms with E-state index in [4.69, 9.17) is 0 Å². The highest BCUT2D eigenvalue weighted by molar-refractivity contribution is 6.01. The molecule has 0 spiro atoms. The van der Waals surface area contributed by atoms with Crippen molar-refractivity contribution in [1.82, 2.24) is 0 Å². The number of allylic oxidation sites excluding steroid dienone is 1. The standard InChI is InChI=1S/C15H18O2/c1-3-4-10-15(17)14(12(2)16)11-13-8-6-5-7-9-13/h3,5-9,14H,1,4,10-11H2,2H3. The molecular weight excluding hydrogens is 212 g/mol. The summed E-state index contributed by atoms with van der Waals surface area (Å²) in [5.41, 5.74) is 1.03. The van der Waals surface area contributed by atoms with Crippen molar-refractivity contribution >= 4 is 11.6 Å². The highest BCUT2D eigenvalue weighted by atomic mass is 16.1. The van der Waals surface area contributed by atoms with Crippen LogP contribution in [0.2, 0.25) is 0 Å². The lowest BCUT2D eigenvalue weighted by Gasteiger charge is -2.12. The third-order valence-corrected chi connectivity index (χ3v) is 2.76. The molecule has 1 unspecified atom stereocenters. The predicted molar refractivity (Wildman–Crippen MR) is 68.8 cm³/mol. The van der Waals surface area contributed by atoms with Gasteiger partial charge in [-0.25, -0.2) is 0 Å². The Bertz CT molecular complexity index is 393. The van der Waals surface area contributed by atoms with Crippen LogP contribution >= 0.6 is 0 Å². The first-order valence-corrected chi connectivity index (χ1v) is 5.83. The number of carbonyl (C=O) groups is 2. The molecule has 90 valence electrons. The average Bonchev–Trinajstić information content (AvgIpc) is 2.34. The third-order valence-electron chi connectivity index (χ3n) is 2.76. The van der Waals surface area contributed by atoms with Gasteiger partial charge in [-0.05, 0) is 25.3 Å². The molecule has 2 heteroatoms. The van der Waals surface area contributed by atoms with Crippen LogP contribution in [0.25, 0.3) is 0 Å². The third kappa shape index (κ3) is 4.35. The van der Waals surface area contributed by atoms with Gasteiger partial charge in [0.05, 0.1) is 5.92 Å². The number of hydrogen-bond donors (Lipinski definition) is 0. The van der Waals surface area contributed by atoms with Crippen LogP contribution in [0.15, 0.2) is 43.0 Å². The molecule has 0 aliphatic carbocycles.